The lowest BCUT2D eigenvalue weighted by Crippen LogP contribution is -2.35. The molecule has 0 aromatic heterocycles. The van der Waals surface area contributed by atoms with E-state index < -0.39 is 17.2 Å². The van der Waals surface area contributed by atoms with Crippen LogP contribution in [-0.2, 0) is 9.59 Å². The van der Waals surface area contributed by atoms with Crippen molar-refractivity contribution >= 4 is 28.8 Å². The first-order chi connectivity index (χ1) is 4.46. The van der Waals surface area contributed by atoms with Gasteiger partial charge in [-0.15, -0.1) is 0 Å². The van der Waals surface area contributed by atoms with Gasteiger partial charge in [0.25, 0.3) is 0 Å². The number of amides is 3. The zero-order valence-electron chi connectivity index (χ0n) is 5.55. The van der Waals surface area contributed by atoms with Crippen LogP contribution >= 0.6 is 11.6 Å². The largest absolute Gasteiger partial charge is 0.329 e. The van der Waals surface area contributed by atoms with Gasteiger partial charge in [0, 0.05) is 13.8 Å². The Morgan fingerprint density at radius 2 is 1.40 bits per heavy atom. The number of nitrogens with zero attached hydrogens (tertiary/aromatic N) is 1. The van der Waals surface area contributed by atoms with Crippen molar-refractivity contribution < 1.29 is 14.4 Å². The second kappa shape index (κ2) is 3.31. The molecule has 0 spiro atoms. The van der Waals surface area contributed by atoms with E-state index in [2.05, 4.69) is 0 Å². The van der Waals surface area contributed by atoms with E-state index in [-0.39, 0.29) is 0 Å². The molecule has 0 radical (unpaired) electrons. The van der Waals surface area contributed by atoms with Crippen molar-refractivity contribution in [3.63, 3.8) is 0 Å². The van der Waals surface area contributed by atoms with Crippen LogP contribution in [0, 0.1) is 0 Å². The molecule has 0 saturated heterocycles. The molecule has 0 aromatic carbocycles. The summed E-state index contributed by atoms with van der Waals surface area (Å²) >= 11 is 4.88. The van der Waals surface area contributed by atoms with E-state index in [0.29, 0.717) is 4.90 Å². The van der Waals surface area contributed by atoms with Crippen molar-refractivity contribution in [3.05, 3.63) is 0 Å². The van der Waals surface area contributed by atoms with E-state index in [0.717, 1.165) is 13.8 Å². The molecule has 5 heteroatoms. The summed E-state index contributed by atoms with van der Waals surface area (Å²) in [6.07, 6.45) is 0. The Kier molecular flexibility index (Phi) is 3.02. The summed E-state index contributed by atoms with van der Waals surface area (Å²) in [4.78, 5) is 31.5. The Balaban J connectivity index is 4.43. The van der Waals surface area contributed by atoms with E-state index in [4.69, 9.17) is 11.6 Å². The van der Waals surface area contributed by atoms with Crippen LogP contribution in [-0.4, -0.2) is 22.1 Å². The van der Waals surface area contributed by atoms with Gasteiger partial charge in [0.1, 0.15) is 0 Å². The summed E-state index contributed by atoms with van der Waals surface area (Å²) in [6.45, 7) is 2.17. The smallest absolute Gasteiger partial charge is 0.274 e. The van der Waals surface area contributed by atoms with Gasteiger partial charge < -0.3 is 0 Å². The monoisotopic (exact) mass is 163 g/mol. The lowest BCUT2D eigenvalue weighted by atomic mass is 10.5. The molecule has 4 nitrogen and oxygen atoms in total. The van der Waals surface area contributed by atoms with Crippen molar-refractivity contribution in [2.24, 2.45) is 0 Å². The second-order valence-corrected chi connectivity index (χ2v) is 1.95. The topological polar surface area (TPSA) is 54.5 Å². The first-order valence-electron chi connectivity index (χ1n) is 2.47. The molecule has 0 N–H and O–H groups in total. The molecule has 0 atom stereocenters. The van der Waals surface area contributed by atoms with Gasteiger partial charge >= 0.3 is 5.37 Å². The highest BCUT2D eigenvalue weighted by Crippen LogP contribution is 1.96. The molecular formula is C5H6ClNO3. The standard InChI is InChI=1S/C5H6ClNO3/c1-3(8)7(4(2)9)5(6)10/h1-2H3. The summed E-state index contributed by atoms with van der Waals surface area (Å²) < 4.78 is 0. The van der Waals surface area contributed by atoms with E-state index in [9.17, 15) is 14.4 Å². The maximum Gasteiger partial charge on any atom is 0.329 e. The summed E-state index contributed by atoms with van der Waals surface area (Å²) in [5, 5.41) is -1.07. The second-order valence-electron chi connectivity index (χ2n) is 1.63. The lowest BCUT2D eigenvalue weighted by Gasteiger charge is -2.08. The third-order valence-corrected chi connectivity index (χ3v) is 0.975. The van der Waals surface area contributed by atoms with Crippen LogP contribution in [0.3, 0.4) is 0 Å². The molecule has 0 fully saturated rings. The molecule has 0 unspecified atom stereocenters. The molecule has 0 rings (SSSR count). The lowest BCUT2D eigenvalue weighted by molar-refractivity contribution is -0.137. The van der Waals surface area contributed by atoms with Gasteiger partial charge in [-0.05, 0) is 11.6 Å². The van der Waals surface area contributed by atoms with E-state index >= 15 is 0 Å². The van der Waals surface area contributed by atoms with Crippen molar-refractivity contribution in [1.82, 2.24) is 4.90 Å². The molecule has 3 amide bonds. The number of rotatable bonds is 0. The van der Waals surface area contributed by atoms with Crippen molar-refractivity contribution in [1.29, 1.82) is 0 Å². The summed E-state index contributed by atoms with van der Waals surface area (Å²) in [5.74, 6) is -1.35. The highest BCUT2D eigenvalue weighted by molar-refractivity contribution is 6.65. The molecule has 10 heavy (non-hydrogen) atoms. The quantitative estimate of drug-likeness (QED) is 0.391. The Labute approximate surface area is 62.7 Å². The minimum Gasteiger partial charge on any atom is -0.274 e. The fourth-order valence-corrected chi connectivity index (χ4v) is 0.707. The minimum absolute atomic E-state index is 0.349. The van der Waals surface area contributed by atoms with Gasteiger partial charge in [-0.1, -0.05) is 0 Å². The maximum absolute atomic E-state index is 10.4. The van der Waals surface area contributed by atoms with E-state index in [1.54, 1.807) is 0 Å². The number of hydrogen-bond acceptors (Lipinski definition) is 3. The number of carbonyl (C=O) groups excluding carboxylic acids is 3. The van der Waals surface area contributed by atoms with Gasteiger partial charge in [-0.25, -0.2) is 4.90 Å². The Morgan fingerprint density at radius 3 is 1.40 bits per heavy atom. The van der Waals surface area contributed by atoms with Gasteiger partial charge in [0.05, 0.1) is 0 Å². The first kappa shape index (κ1) is 9.10. The van der Waals surface area contributed by atoms with Crippen LogP contribution in [0.5, 0.6) is 0 Å². The fraction of sp³-hybridized carbons (Fsp3) is 0.400. The maximum atomic E-state index is 10.4. The fourth-order valence-electron chi connectivity index (χ4n) is 0.469. The van der Waals surface area contributed by atoms with Gasteiger partial charge in [0.15, 0.2) is 0 Å². The average molecular weight is 164 g/mol. The SMILES string of the molecule is CC(=O)N(C(C)=O)C(=O)Cl. The van der Waals surface area contributed by atoms with Gasteiger partial charge in [-0.3, -0.25) is 14.4 Å². The number of hydrogen-bond donors (Lipinski definition) is 0. The van der Waals surface area contributed by atoms with E-state index in [1.165, 1.54) is 0 Å². The predicted octanol–water partition coefficient (Wildman–Crippen LogP) is 0.740. The summed E-state index contributed by atoms with van der Waals surface area (Å²) in [7, 11) is 0. The third-order valence-electron chi connectivity index (χ3n) is 0.806. The molecular weight excluding hydrogens is 158 g/mol. The highest BCUT2D eigenvalue weighted by atomic mass is 35.5. The molecule has 0 aliphatic heterocycles. The normalized spacial score (nSPS) is 8.70. The van der Waals surface area contributed by atoms with E-state index in [1.807, 2.05) is 0 Å². The molecule has 56 valence electrons. The minimum atomic E-state index is -1.07. The molecule has 0 saturated carbocycles. The Bertz CT molecular complexity index is 156. The summed E-state index contributed by atoms with van der Waals surface area (Å²) in [5.41, 5.74) is 0. The first-order valence-corrected chi connectivity index (χ1v) is 2.85. The summed E-state index contributed by atoms with van der Waals surface area (Å²) in [6, 6.07) is 0. The zero-order valence-corrected chi connectivity index (χ0v) is 6.31. The van der Waals surface area contributed by atoms with Crippen LogP contribution in [0.4, 0.5) is 4.79 Å². The number of imide groups is 3. The van der Waals surface area contributed by atoms with Gasteiger partial charge in [0.2, 0.25) is 11.8 Å². The van der Waals surface area contributed by atoms with Gasteiger partial charge in [-0.2, -0.15) is 0 Å². The average Bonchev–Trinajstić information content (AvgIpc) is 1.59. The predicted molar refractivity (Wildman–Crippen MR) is 34.4 cm³/mol. The molecule has 0 aliphatic rings. The van der Waals surface area contributed by atoms with Crippen LogP contribution in [0.2, 0.25) is 0 Å². The van der Waals surface area contributed by atoms with Crippen molar-refractivity contribution in [2.45, 2.75) is 13.8 Å². The molecule has 0 aliphatic carbocycles. The molecule has 0 heterocycles. The van der Waals surface area contributed by atoms with Crippen LogP contribution in [0.1, 0.15) is 13.8 Å². The number of halogens is 1. The Hall–Kier alpha value is -0.900. The number of carbonyl (C=O) groups is 3. The highest BCUT2D eigenvalue weighted by Gasteiger charge is 2.19. The van der Waals surface area contributed by atoms with Crippen molar-refractivity contribution in [3.8, 4) is 0 Å². The Morgan fingerprint density at radius 1 is 1.10 bits per heavy atom. The van der Waals surface area contributed by atoms with Crippen molar-refractivity contribution in [2.75, 3.05) is 0 Å². The third kappa shape index (κ3) is 2.14. The molecule has 0 bridgehead atoms. The molecule has 0 aromatic rings. The zero-order chi connectivity index (χ0) is 8.31. The van der Waals surface area contributed by atoms with Crippen LogP contribution in [0.25, 0.3) is 0 Å². The van der Waals surface area contributed by atoms with Crippen LogP contribution in [0.15, 0.2) is 0 Å². The van der Waals surface area contributed by atoms with Crippen LogP contribution < -0.4 is 0 Å².